The van der Waals surface area contributed by atoms with E-state index in [1.807, 2.05) is 6.92 Å². The molecule has 3 aromatic rings. The number of fused-ring (bicyclic) bond motifs is 1. The van der Waals surface area contributed by atoms with Gasteiger partial charge >= 0.3 is 6.18 Å². The van der Waals surface area contributed by atoms with E-state index in [-0.39, 0.29) is 16.4 Å². The van der Waals surface area contributed by atoms with Crippen molar-refractivity contribution in [3.63, 3.8) is 0 Å². The van der Waals surface area contributed by atoms with Crippen LogP contribution in [0.15, 0.2) is 47.4 Å². The average Bonchev–Trinajstić information content (AvgIpc) is 2.96. The smallest absolute Gasteiger partial charge is 0.302 e. The summed E-state index contributed by atoms with van der Waals surface area (Å²) in [5, 5.41) is 9.00. The Labute approximate surface area is 197 Å². The predicted molar refractivity (Wildman–Crippen MR) is 124 cm³/mol. The summed E-state index contributed by atoms with van der Waals surface area (Å²) in [5.41, 5.74) is -1.94. The van der Waals surface area contributed by atoms with E-state index in [9.17, 15) is 22.8 Å². The molecular formula is C23H18F3N5O2S. The second-order valence-electron chi connectivity index (χ2n) is 8.21. The number of anilines is 2. The van der Waals surface area contributed by atoms with Crippen LogP contribution in [0.25, 0.3) is 5.65 Å². The van der Waals surface area contributed by atoms with Gasteiger partial charge in [0.15, 0.2) is 5.11 Å². The molecule has 1 aliphatic heterocycles. The highest BCUT2D eigenvalue weighted by atomic mass is 32.1. The Balaban J connectivity index is 1.83. The summed E-state index contributed by atoms with van der Waals surface area (Å²) in [6.45, 7) is 5.05. The first-order chi connectivity index (χ1) is 15.9. The molecule has 1 saturated heterocycles. The lowest BCUT2D eigenvalue weighted by Crippen LogP contribution is -2.44. The number of nitrogens with zero attached hydrogens (tertiary/aromatic N) is 5. The molecule has 11 heteroatoms. The van der Waals surface area contributed by atoms with E-state index in [2.05, 4.69) is 4.98 Å². The molecule has 0 saturated carbocycles. The summed E-state index contributed by atoms with van der Waals surface area (Å²) in [5.74, 6) is -0.553. The number of carbonyl (C=O) groups excluding carboxylic acids is 1. The van der Waals surface area contributed by atoms with Crippen molar-refractivity contribution < 1.29 is 18.0 Å². The van der Waals surface area contributed by atoms with Gasteiger partial charge in [0.2, 0.25) is 0 Å². The molecule has 2 aromatic heterocycles. The number of carbonyl (C=O) groups is 1. The molecule has 1 fully saturated rings. The van der Waals surface area contributed by atoms with Crippen LogP contribution >= 0.6 is 12.2 Å². The molecule has 0 bridgehead atoms. The molecule has 1 aliphatic rings. The maximum atomic E-state index is 13.5. The average molecular weight is 485 g/mol. The first kappa shape index (κ1) is 23.4. The normalized spacial score (nSPS) is 15.8. The second kappa shape index (κ2) is 7.92. The molecule has 0 N–H and O–H groups in total. The van der Waals surface area contributed by atoms with Crippen LogP contribution in [0.2, 0.25) is 0 Å². The van der Waals surface area contributed by atoms with Crippen molar-refractivity contribution in [1.82, 2.24) is 9.38 Å². The van der Waals surface area contributed by atoms with Crippen LogP contribution in [-0.4, -0.2) is 25.9 Å². The van der Waals surface area contributed by atoms with Crippen molar-refractivity contribution in [1.29, 1.82) is 5.26 Å². The SMILES string of the molecule is CCc1cc(=O)n2cc(N3C(=S)N(c4ccc(C#N)c(C(F)(F)F)c4)C(=O)C3(C)C)ccc2n1. The first-order valence-corrected chi connectivity index (χ1v) is 10.6. The van der Waals surface area contributed by atoms with Crippen molar-refractivity contribution in [2.45, 2.75) is 38.9 Å². The summed E-state index contributed by atoms with van der Waals surface area (Å²) in [4.78, 5) is 32.8. The Bertz CT molecular complexity index is 1460. The Morgan fingerprint density at radius 1 is 1.12 bits per heavy atom. The highest BCUT2D eigenvalue weighted by Crippen LogP contribution is 2.39. The van der Waals surface area contributed by atoms with Gasteiger partial charge in [-0.1, -0.05) is 6.92 Å². The van der Waals surface area contributed by atoms with Crippen molar-refractivity contribution in [3.8, 4) is 6.07 Å². The quantitative estimate of drug-likeness (QED) is 0.521. The molecule has 0 spiro atoms. The number of alkyl halides is 3. The topological polar surface area (TPSA) is 81.7 Å². The van der Waals surface area contributed by atoms with Gasteiger partial charge in [0.05, 0.1) is 28.6 Å². The zero-order valence-electron chi connectivity index (χ0n) is 18.3. The highest BCUT2D eigenvalue weighted by molar-refractivity contribution is 7.81. The minimum Gasteiger partial charge on any atom is -0.302 e. The van der Waals surface area contributed by atoms with Crippen LogP contribution in [0, 0.1) is 11.3 Å². The van der Waals surface area contributed by atoms with Crippen molar-refractivity contribution >= 4 is 40.3 Å². The molecule has 3 heterocycles. The van der Waals surface area contributed by atoms with Gasteiger partial charge in [-0.05, 0) is 62.8 Å². The van der Waals surface area contributed by atoms with Gasteiger partial charge in [-0.15, -0.1) is 0 Å². The Hall–Kier alpha value is -3.78. The minimum absolute atomic E-state index is 0.0571. The second-order valence-corrected chi connectivity index (χ2v) is 8.58. The van der Waals surface area contributed by atoms with Crippen LogP contribution in [-0.2, 0) is 17.4 Å². The van der Waals surface area contributed by atoms with E-state index in [4.69, 9.17) is 17.5 Å². The van der Waals surface area contributed by atoms with Gasteiger partial charge in [0, 0.05) is 18.0 Å². The van der Waals surface area contributed by atoms with Crippen molar-refractivity contribution in [2.24, 2.45) is 0 Å². The molecule has 7 nitrogen and oxygen atoms in total. The fraction of sp³-hybridized carbons (Fsp3) is 0.261. The van der Waals surface area contributed by atoms with Gasteiger partial charge in [0.25, 0.3) is 11.5 Å². The summed E-state index contributed by atoms with van der Waals surface area (Å²) in [6.07, 6.45) is -2.70. The third-order valence-electron chi connectivity index (χ3n) is 5.67. The number of aromatic nitrogens is 2. The summed E-state index contributed by atoms with van der Waals surface area (Å²) in [7, 11) is 0. The number of aryl methyl sites for hydroxylation is 1. The fourth-order valence-electron chi connectivity index (χ4n) is 3.91. The third kappa shape index (κ3) is 3.60. The van der Waals surface area contributed by atoms with E-state index >= 15 is 0 Å². The zero-order chi connectivity index (χ0) is 25.0. The van der Waals surface area contributed by atoms with E-state index in [0.29, 0.717) is 23.4 Å². The number of pyridine rings is 1. The lowest BCUT2D eigenvalue weighted by Gasteiger charge is -2.29. The Morgan fingerprint density at radius 3 is 2.41 bits per heavy atom. The predicted octanol–water partition coefficient (Wildman–Crippen LogP) is 4.06. The number of thiocarbonyl (C=S) groups is 1. The van der Waals surface area contributed by atoms with Crippen LogP contribution < -0.4 is 15.4 Å². The van der Waals surface area contributed by atoms with Crippen LogP contribution in [0.5, 0.6) is 0 Å². The molecule has 1 aromatic carbocycles. The maximum absolute atomic E-state index is 13.5. The Kier molecular flexibility index (Phi) is 5.44. The molecule has 4 rings (SSSR count). The molecular weight excluding hydrogens is 467 g/mol. The summed E-state index contributed by atoms with van der Waals surface area (Å²) < 4.78 is 41.8. The van der Waals surface area contributed by atoms with E-state index in [1.165, 1.54) is 33.7 Å². The minimum atomic E-state index is -4.79. The number of benzene rings is 1. The largest absolute Gasteiger partial charge is 0.417 e. The highest BCUT2D eigenvalue weighted by Gasteiger charge is 2.50. The Morgan fingerprint density at radius 2 is 1.79 bits per heavy atom. The van der Waals surface area contributed by atoms with Crippen molar-refractivity contribution in [2.75, 3.05) is 9.80 Å². The standard InChI is InChI=1S/C23H18F3N5O2S/c1-4-14-9-19(32)29-12-16(7-8-18(29)28-14)31-21(34)30(20(33)22(31,2)3)15-6-5-13(11-27)17(10-15)23(24,25)26/h5-10,12H,4H2,1-3H3. The van der Waals surface area contributed by atoms with E-state index < -0.39 is 28.7 Å². The fourth-order valence-corrected chi connectivity index (χ4v) is 4.44. The van der Waals surface area contributed by atoms with Crippen LogP contribution in [0.4, 0.5) is 24.5 Å². The molecule has 1 amide bonds. The molecule has 0 radical (unpaired) electrons. The van der Waals surface area contributed by atoms with Crippen LogP contribution in [0.3, 0.4) is 0 Å². The van der Waals surface area contributed by atoms with Gasteiger partial charge in [-0.3, -0.25) is 18.9 Å². The number of halogens is 3. The molecule has 0 aliphatic carbocycles. The van der Waals surface area contributed by atoms with E-state index in [0.717, 1.165) is 17.0 Å². The lowest BCUT2D eigenvalue weighted by molar-refractivity contribution is -0.137. The van der Waals surface area contributed by atoms with Gasteiger partial charge < -0.3 is 4.90 Å². The molecule has 174 valence electrons. The summed E-state index contributed by atoms with van der Waals surface area (Å²) >= 11 is 5.53. The van der Waals surface area contributed by atoms with Gasteiger partial charge in [-0.25, -0.2) is 4.98 Å². The van der Waals surface area contributed by atoms with Gasteiger partial charge in [-0.2, -0.15) is 18.4 Å². The lowest BCUT2D eigenvalue weighted by atomic mass is 10.0. The number of hydrogen-bond acceptors (Lipinski definition) is 5. The van der Waals surface area contributed by atoms with Crippen LogP contribution in [0.1, 0.15) is 37.6 Å². The zero-order valence-corrected chi connectivity index (χ0v) is 19.2. The van der Waals surface area contributed by atoms with Gasteiger partial charge in [0.1, 0.15) is 11.2 Å². The first-order valence-electron chi connectivity index (χ1n) is 10.2. The third-order valence-corrected chi connectivity index (χ3v) is 6.04. The molecule has 0 unspecified atom stereocenters. The number of hydrogen-bond donors (Lipinski definition) is 0. The molecule has 34 heavy (non-hydrogen) atoms. The monoisotopic (exact) mass is 485 g/mol. The van der Waals surface area contributed by atoms with Crippen molar-refractivity contribution in [3.05, 3.63) is 69.8 Å². The number of amides is 1. The maximum Gasteiger partial charge on any atom is 0.417 e. The molecule has 0 atom stereocenters. The number of rotatable bonds is 3. The summed E-state index contributed by atoms with van der Waals surface area (Å²) in [6, 6.07) is 9.19. The van der Waals surface area contributed by atoms with E-state index in [1.54, 1.807) is 26.0 Å². The number of nitriles is 1.